The Kier molecular flexibility index (Phi) is 3.50. The summed E-state index contributed by atoms with van der Waals surface area (Å²) >= 11 is 7.04. The van der Waals surface area contributed by atoms with Gasteiger partial charge in [-0.3, -0.25) is 9.59 Å². The second kappa shape index (κ2) is 4.78. The number of hydrogen-bond donors (Lipinski definition) is 0. The minimum atomic E-state index is -0.111. The van der Waals surface area contributed by atoms with Gasteiger partial charge >= 0.3 is 0 Å². The molecule has 18 heavy (non-hydrogen) atoms. The van der Waals surface area contributed by atoms with E-state index in [2.05, 4.69) is 4.98 Å². The molecule has 0 radical (unpaired) electrons. The summed E-state index contributed by atoms with van der Waals surface area (Å²) < 4.78 is 0. The first kappa shape index (κ1) is 13.2. The normalized spacial score (nSPS) is 16.9. The van der Waals surface area contributed by atoms with Crippen LogP contribution in [0.5, 0.6) is 0 Å². The zero-order valence-electron chi connectivity index (χ0n) is 10.3. The van der Waals surface area contributed by atoms with E-state index in [1.54, 1.807) is 26.2 Å². The molecule has 0 unspecified atom stereocenters. The minimum Gasteiger partial charge on any atom is -0.289 e. The number of halogens is 1. The van der Waals surface area contributed by atoms with Gasteiger partial charge in [0.1, 0.15) is 5.01 Å². The lowest BCUT2D eigenvalue weighted by molar-refractivity contribution is -0.115. The lowest BCUT2D eigenvalue weighted by Crippen LogP contribution is -2.19. The molecular weight excluding hydrogens is 270 g/mol. The molecule has 0 bridgehead atoms. The number of hydrogen-bond acceptors (Lipinski definition) is 4. The average Bonchev–Trinajstić information content (AvgIpc) is 2.83. The highest BCUT2D eigenvalue weighted by molar-refractivity contribution is 7.11. The van der Waals surface area contributed by atoms with Crippen molar-refractivity contribution in [1.29, 1.82) is 0 Å². The Labute approximate surface area is 114 Å². The minimum absolute atomic E-state index is 0.0790. The quantitative estimate of drug-likeness (QED) is 0.618. The van der Waals surface area contributed by atoms with Crippen molar-refractivity contribution >= 4 is 40.1 Å². The van der Waals surface area contributed by atoms with E-state index in [0.717, 1.165) is 5.69 Å². The molecule has 5 heteroatoms. The Morgan fingerprint density at radius 1 is 1.11 bits per heavy atom. The zero-order valence-corrected chi connectivity index (χ0v) is 11.9. The monoisotopic (exact) mass is 281 g/mol. The van der Waals surface area contributed by atoms with Gasteiger partial charge in [0.2, 0.25) is 0 Å². The molecule has 1 aliphatic rings. The van der Waals surface area contributed by atoms with Gasteiger partial charge in [-0.2, -0.15) is 0 Å². The molecule has 1 heterocycles. The fraction of sp³-hybridized carbons (Fsp3) is 0.308. The highest BCUT2D eigenvalue weighted by Gasteiger charge is 2.30. The molecule has 0 atom stereocenters. The highest BCUT2D eigenvalue weighted by Crippen LogP contribution is 2.32. The van der Waals surface area contributed by atoms with Crippen LogP contribution in [-0.2, 0) is 15.5 Å². The molecule has 0 aromatic carbocycles. The number of carbonyl (C=O) groups excluding carboxylic acids is 2. The van der Waals surface area contributed by atoms with Crippen LogP contribution in [0.25, 0.3) is 5.57 Å². The number of nitrogens with zero attached hydrogens (tertiary/aromatic N) is 1. The van der Waals surface area contributed by atoms with Gasteiger partial charge in [-0.15, -0.1) is 22.9 Å². The lowest BCUT2D eigenvalue weighted by Gasteiger charge is -2.16. The first-order valence-electron chi connectivity index (χ1n) is 5.45. The average molecular weight is 282 g/mol. The van der Waals surface area contributed by atoms with Crippen LogP contribution in [0.4, 0.5) is 0 Å². The number of Topliss-reactive ketones (excluding diaryl/α,β-unsaturated/α-hetero) is 2. The molecule has 0 fully saturated rings. The smallest absolute Gasteiger partial charge is 0.192 e. The van der Waals surface area contributed by atoms with Crippen molar-refractivity contribution in [3.05, 3.63) is 32.8 Å². The number of ketones is 2. The molecular formula is C13H12ClNO2S. The third-order valence-electron chi connectivity index (χ3n) is 3.09. The van der Waals surface area contributed by atoms with Crippen molar-refractivity contribution in [3.8, 4) is 0 Å². The van der Waals surface area contributed by atoms with E-state index in [0.29, 0.717) is 33.2 Å². The summed E-state index contributed by atoms with van der Waals surface area (Å²) in [4.78, 5) is 28.6. The van der Waals surface area contributed by atoms with Crippen molar-refractivity contribution in [1.82, 2.24) is 4.98 Å². The highest BCUT2D eigenvalue weighted by atomic mass is 35.5. The van der Waals surface area contributed by atoms with Crippen molar-refractivity contribution in [3.63, 3.8) is 0 Å². The predicted octanol–water partition coefficient (Wildman–Crippen LogP) is 3.14. The van der Waals surface area contributed by atoms with Gasteiger partial charge in [0.05, 0.1) is 17.1 Å². The van der Waals surface area contributed by atoms with Crippen LogP contribution < -0.4 is 0 Å². The Bertz CT molecular complexity index is 610. The standard InChI is InChI=1S/C13H12ClNO2S/c1-6-7(2)12(17)10(8(3)11(6)16)13-15-9(4-14)5-18-13/h5H,4H2,1-3H3. The summed E-state index contributed by atoms with van der Waals surface area (Å²) in [6.07, 6.45) is 0. The maximum absolute atomic E-state index is 12.3. The molecule has 94 valence electrons. The molecule has 0 spiro atoms. The molecule has 1 aromatic heterocycles. The van der Waals surface area contributed by atoms with Crippen LogP contribution in [-0.4, -0.2) is 16.6 Å². The lowest BCUT2D eigenvalue weighted by atomic mass is 9.86. The van der Waals surface area contributed by atoms with Crippen LogP contribution in [0.1, 0.15) is 31.5 Å². The summed E-state index contributed by atoms with van der Waals surface area (Å²) in [6.45, 7) is 5.03. The largest absolute Gasteiger partial charge is 0.289 e. The first-order chi connectivity index (χ1) is 8.47. The van der Waals surface area contributed by atoms with Gasteiger partial charge < -0.3 is 0 Å². The maximum atomic E-state index is 12.3. The van der Waals surface area contributed by atoms with Crippen molar-refractivity contribution in [2.45, 2.75) is 26.7 Å². The molecule has 1 aliphatic carbocycles. The van der Waals surface area contributed by atoms with E-state index in [-0.39, 0.29) is 11.6 Å². The fourth-order valence-corrected chi connectivity index (χ4v) is 2.98. The van der Waals surface area contributed by atoms with Gasteiger partial charge in [-0.1, -0.05) is 0 Å². The Hall–Kier alpha value is -1.26. The Morgan fingerprint density at radius 2 is 1.72 bits per heavy atom. The van der Waals surface area contributed by atoms with Gasteiger partial charge in [0.25, 0.3) is 0 Å². The molecule has 3 nitrogen and oxygen atoms in total. The number of allylic oxidation sites excluding steroid dienone is 4. The number of thiazole rings is 1. The number of aromatic nitrogens is 1. The van der Waals surface area contributed by atoms with Crippen molar-refractivity contribution in [2.75, 3.05) is 0 Å². The molecule has 0 amide bonds. The van der Waals surface area contributed by atoms with Crippen LogP contribution in [0.15, 0.2) is 22.1 Å². The van der Waals surface area contributed by atoms with E-state index in [9.17, 15) is 9.59 Å². The fourth-order valence-electron chi connectivity index (χ4n) is 1.83. The summed E-state index contributed by atoms with van der Waals surface area (Å²) in [5.41, 5.74) is 2.64. The second-order valence-electron chi connectivity index (χ2n) is 4.19. The summed E-state index contributed by atoms with van der Waals surface area (Å²) in [6, 6.07) is 0. The van der Waals surface area contributed by atoms with Crippen LogP contribution >= 0.6 is 22.9 Å². The number of rotatable bonds is 2. The zero-order chi connectivity index (χ0) is 13.4. The number of alkyl halides is 1. The van der Waals surface area contributed by atoms with Gasteiger partial charge in [0, 0.05) is 22.1 Å². The molecule has 1 aromatic rings. The topological polar surface area (TPSA) is 47.0 Å². The molecule has 0 aliphatic heterocycles. The summed E-state index contributed by atoms with van der Waals surface area (Å²) in [7, 11) is 0. The van der Waals surface area contributed by atoms with E-state index in [4.69, 9.17) is 11.6 Å². The van der Waals surface area contributed by atoms with E-state index in [1.165, 1.54) is 11.3 Å². The molecule has 2 rings (SSSR count). The van der Waals surface area contributed by atoms with Crippen LogP contribution in [0.2, 0.25) is 0 Å². The maximum Gasteiger partial charge on any atom is 0.192 e. The predicted molar refractivity (Wildman–Crippen MR) is 72.7 cm³/mol. The third-order valence-corrected chi connectivity index (χ3v) is 4.27. The van der Waals surface area contributed by atoms with E-state index in [1.807, 2.05) is 0 Å². The van der Waals surface area contributed by atoms with Gasteiger partial charge in [0.15, 0.2) is 11.6 Å². The number of carbonyl (C=O) groups is 2. The Morgan fingerprint density at radius 3 is 2.28 bits per heavy atom. The van der Waals surface area contributed by atoms with Gasteiger partial charge in [-0.05, 0) is 20.8 Å². The van der Waals surface area contributed by atoms with Crippen molar-refractivity contribution in [2.24, 2.45) is 0 Å². The van der Waals surface area contributed by atoms with E-state index < -0.39 is 0 Å². The first-order valence-corrected chi connectivity index (χ1v) is 6.87. The van der Waals surface area contributed by atoms with Crippen molar-refractivity contribution < 1.29 is 9.59 Å². The molecule has 0 saturated carbocycles. The Balaban J connectivity index is 2.56. The summed E-state index contributed by atoms with van der Waals surface area (Å²) in [5.74, 6) is 0.114. The van der Waals surface area contributed by atoms with Crippen LogP contribution in [0.3, 0.4) is 0 Å². The van der Waals surface area contributed by atoms with Gasteiger partial charge in [-0.25, -0.2) is 4.98 Å². The summed E-state index contributed by atoms with van der Waals surface area (Å²) in [5, 5.41) is 2.38. The van der Waals surface area contributed by atoms with E-state index >= 15 is 0 Å². The third kappa shape index (κ3) is 1.95. The van der Waals surface area contributed by atoms with Crippen LogP contribution in [0, 0.1) is 0 Å². The molecule has 0 saturated heterocycles. The SMILES string of the molecule is CC1=C(C)C(=O)C(c2nc(CCl)cs2)=C(C)C1=O. The second-order valence-corrected chi connectivity index (χ2v) is 5.31. The molecule has 0 N–H and O–H groups in total.